The second-order valence-corrected chi connectivity index (χ2v) is 5.34. The highest BCUT2D eigenvalue weighted by molar-refractivity contribution is 5.77. The van der Waals surface area contributed by atoms with E-state index in [4.69, 9.17) is 4.42 Å². The third kappa shape index (κ3) is 2.04. The first-order chi connectivity index (χ1) is 8.67. The molecule has 3 nitrogen and oxygen atoms in total. The molecule has 0 bridgehead atoms. The summed E-state index contributed by atoms with van der Waals surface area (Å²) in [5.41, 5.74) is 0.0579. The molecule has 1 saturated heterocycles. The van der Waals surface area contributed by atoms with Crippen LogP contribution in [0.5, 0.6) is 0 Å². The van der Waals surface area contributed by atoms with Gasteiger partial charge in [0.15, 0.2) is 0 Å². The zero-order valence-electron chi connectivity index (χ0n) is 10.7. The topological polar surface area (TPSA) is 36.6 Å². The molecule has 1 fully saturated rings. The van der Waals surface area contributed by atoms with Crippen molar-refractivity contribution in [3.63, 3.8) is 0 Å². The van der Waals surface area contributed by atoms with Gasteiger partial charge in [-0.1, -0.05) is 18.2 Å². The largest absolute Gasteiger partial charge is 0.458 e. The van der Waals surface area contributed by atoms with Crippen LogP contribution in [-0.4, -0.2) is 30.1 Å². The number of rotatable bonds is 1. The number of aliphatic hydroxyl groups is 1. The summed E-state index contributed by atoms with van der Waals surface area (Å²) in [5.74, 6) is 0.721. The molecule has 1 aliphatic rings. The van der Waals surface area contributed by atoms with E-state index in [1.165, 1.54) is 0 Å². The van der Waals surface area contributed by atoms with E-state index in [1.54, 1.807) is 0 Å². The lowest BCUT2D eigenvalue weighted by molar-refractivity contribution is 0.00231. The average Bonchev–Trinajstić information content (AvgIpc) is 2.73. The maximum atomic E-state index is 10.8. The van der Waals surface area contributed by atoms with Crippen molar-refractivity contribution in [1.29, 1.82) is 0 Å². The fourth-order valence-corrected chi connectivity index (χ4v) is 2.71. The molecule has 1 aromatic heterocycles. The van der Waals surface area contributed by atoms with Crippen molar-refractivity contribution in [3.05, 3.63) is 36.1 Å². The standard InChI is InChI=1S/C15H19NO2/c1-16-9-4-7-15(17,8-10-16)14-11-12-5-2-3-6-13(12)18-14/h2-3,5-6,11,17H,4,7-10H2,1H3. The van der Waals surface area contributed by atoms with Crippen LogP contribution >= 0.6 is 0 Å². The van der Waals surface area contributed by atoms with E-state index >= 15 is 0 Å². The molecule has 3 rings (SSSR count). The van der Waals surface area contributed by atoms with Crippen LogP contribution in [0.25, 0.3) is 11.0 Å². The van der Waals surface area contributed by atoms with Gasteiger partial charge in [0, 0.05) is 11.9 Å². The molecular weight excluding hydrogens is 226 g/mol. The molecule has 2 aromatic rings. The van der Waals surface area contributed by atoms with E-state index in [-0.39, 0.29) is 0 Å². The monoisotopic (exact) mass is 245 g/mol. The van der Waals surface area contributed by atoms with Crippen molar-refractivity contribution in [2.75, 3.05) is 20.1 Å². The van der Waals surface area contributed by atoms with Crippen LogP contribution in [0.4, 0.5) is 0 Å². The molecule has 1 atom stereocenters. The molecular formula is C15H19NO2. The number of furan rings is 1. The fraction of sp³-hybridized carbons (Fsp3) is 0.467. The SMILES string of the molecule is CN1CCCC(O)(c2cc3ccccc3o2)CC1. The Labute approximate surface area is 107 Å². The second kappa shape index (κ2) is 4.41. The third-order valence-corrected chi connectivity index (χ3v) is 3.92. The maximum Gasteiger partial charge on any atom is 0.136 e. The van der Waals surface area contributed by atoms with E-state index in [2.05, 4.69) is 11.9 Å². The van der Waals surface area contributed by atoms with Gasteiger partial charge in [-0.25, -0.2) is 0 Å². The van der Waals surface area contributed by atoms with E-state index < -0.39 is 5.60 Å². The minimum atomic E-state index is -0.802. The van der Waals surface area contributed by atoms with E-state index in [0.29, 0.717) is 0 Å². The fourth-order valence-electron chi connectivity index (χ4n) is 2.71. The van der Waals surface area contributed by atoms with Gasteiger partial charge >= 0.3 is 0 Å². The van der Waals surface area contributed by atoms with Crippen LogP contribution in [0, 0.1) is 0 Å². The number of nitrogens with zero attached hydrogens (tertiary/aromatic N) is 1. The Morgan fingerprint density at radius 2 is 2.06 bits per heavy atom. The third-order valence-electron chi connectivity index (χ3n) is 3.92. The summed E-state index contributed by atoms with van der Waals surface area (Å²) in [6, 6.07) is 9.91. The van der Waals surface area contributed by atoms with Crippen LogP contribution in [-0.2, 0) is 5.60 Å². The lowest BCUT2D eigenvalue weighted by Crippen LogP contribution is -2.27. The first-order valence-electron chi connectivity index (χ1n) is 6.57. The van der Waals surface area contributed by atoms with E-state index in [1.807, 2.05) is 30.3 Å². The van der Waals surface area contributed by atoms with Crippen molar-refractivity contribution in [2.45, 2.75) is 24.9 Å². The molecule has 1 N–H and O–H groups in total. The van der Waals surface area contributed by atoms with Crippen LogP contribution in [0.3, 0.4) is 0 Å². The number of likely N-dealkylation sites (tertiary alicyclic amines) is 1. The molecule has 96 valence electrons. The van der Waals surface area contributed by atoms with Gasteiger partial charge < -0.3 is 14.4 Å². The minimum absolute atomic E-state index is 0.721. The van der Waals surface area contributed by atoms with E-state index in [0.717, 1.165) is 49.1 Å². The van der Waals surface area contributed by atoms with Crippen LogP contribution in [0.2, 0.25) is 0 Å². The number of para-hydroxylation sites is 1. The average molecular weight is 245 g/mol. The second-order valence-electron chi connectivity index (χ2n) is 5.34. The molecule has 1 aromatic carbocycles. The normalized spacial score (nSPS) is 26.3. The zero-order chi connectivity index (χ0) is 12.6. The van der Waals surface area contributed by atoms with E-state index in [9.17, 15) is 5.11 Å². The van der Waals surface area contributed by atoms with Crippen LogP contribution < -0.4 is 0 Å². The van der Waals surface area contributed by atoms with Crippen LogP contribution in [0.1, 0.15) is 25.0 Å². The Hall–Kier alpha value is -1.32. The summed E-state index contributed by atoms with van der Waals surface area (Å²) >= 11 is 0. The smallest absolute Gasteiger partial charge is 0.136 e. The maximum absolute atomic E-state index is 10.8. The predicted molar refractivity (Wildman–Crippen MR) is 71.5 cm³/mol. The first-order valence-corrected chi connectivity index (χ1v) is 6.57. The Bertz CT molecular complexity index is 515. The van der Waals surface area contributed by atoms with Gasteiger partial charge in [0.25, 0.3) is 0 Å². The first kappa shape index (κ1) is 11.8. The molecule has 0 aliphatic carbocycles. The minimum Gasteiger partial charge on any atom is -0.458 e. The molecule has 0 amide bonds. The molecule has 1 aliphatic heterocycles. The summed E-state index contributed by atoms with van der Waals surface area (Å²) in [7, 11) is 2.10. The molecule has 1 unspecified atom stereocenters. The van der Waals surface area contributed by atoms with Crippen molar-refractivity contribution in [1.82, 2.24) is 4.90 Å². The lowest BCUT2D eigenvalue weighted by Gasteiger charge is -2.23. The Kier molecular flexibility index (Phi) is 2.88. The number of benzene rings is 1. The van der Waals surface area contributed by atoms with Crippen molar-refractivity contribution < 1.29 is 9.52 Å². The summed E-state index contributed by atoms with van der Waals surface area (Å²) < 4.78 is 5.83. The lowest BCUT2D eigenvalue weighted by atomic mass is 9.92. The molecule has 3 heteroatoms. The van der Waals surface area contributed by atoms with Crippen molar-refractivity contribution in [2.24, 2.45) is 0 Å². The molecule has 0 saturated carbocycles. The Morgan fingerprint density at radius 3 is 2.89 bits per heavy atom. The zero-order valence-corrected chi connectivity index (χ0v) is 10.7. The van der Waals surface area contributed by atoms with Gasteiger partial charge in [0.2, 0.25) is 0 Å². The van der Waals surface area contributed by atoms with Gasteiger partial charge in [-0.15, -0.1) is 0 Å². The van der Waals surface area contributed by atoms with Gasteiger partial charge in [-0.05, 0) is 45.0 Å². The number of hydrogen-bond acceptors (Lipinski definition) is 3. The predicted octanol–water partition coefficient (Wildman–Crippen LogP) is 2.74. The highest BCUT2D eigenvalue weighted by Crippen LogP contribution is 2.35. The van der Waals surface area contributed by atoms with Crippen molar-refractivity contribution in [3.8, 4) is 0 Å². The molecule has 18 heavy (non-hydrogen) atoms. The summed E-state index contributed by atoms with van der Waals surface area (Å²) in [6.07, 6.45) is 2.52. The molecule has 2 heterocycles. The van der Waals surface area contributed by atoms with Crippen LogP contribution in [0.15, 0.2) is 34.7 Å². The number of fused-ring (bicyclic) bond motifs is 1. The Morgan fingerprint density at radius 1 is 1.22 bits per heavy atom. The summed E-state index contributed by atoms with van der Waals surface area (Å²) in [6.45, 7) is 1.95. The number of hydrogen-bond donors (Lipinski definition) is 1. The van der Waals surface area contributed by atoms with Gasteiger partial charge in [0.1, 0.15) is 16.9 Å². The van der Waals surface area contributed by atoms with Crippen molar-refractivity contribution >= 4 is 11.0 Å². The summed E-state index contributed by atoms with van der Waals surface area (Å²) in [4.78, 5) is 2.26. The highest BCUT2D eigenvalue weighted by atomic mass is 16.4. The quantitative estimate of drug-likeness (QED) is 0.839. The summed E-state index contributed by atoms with van der Waals surface area (Å²) in [5, 5.41) is 11.9. The molecule has 0 radical (unpaired) electrons. The van der Waals surface area contributed by atoms with Gasteiger partial charge in [0.05, 0.1) is 0 Å². The van der Waals surface area contributed by atoms with Gasteiger partial charge in [-0.2, -0.15) is 0 Å². The highest BCUT2D eigenvalue weighted by Gasteiger charge is 2.34. The molecule has 0 spiro atoms. The van der Waals surface area contributed by atoms with Gasteiger partial charge in [-0.3, -0.25) is 0 Å². The Balaban J connectivity index is 1.96.